The fourth-order valence-corrected chi connectivity index (χ4v) is 1.77. The standard InChI is InChI=1S/C14H13N3O3/c18-13(19)6-12(10-4-2-1-3-5-10)17-14(20)11-7-15-9-16-8-11/h1-5,7-9,12H,6H2,(H,17,20)(H,18,19). The minimum Gasteiger partial charge on any atom is -0.481 e. The largest absolute Gasteiger partial charge is 0.481 e. The van der Waals surface area contributed by atoms with E-state index < -0.39 is 17.9 Å². The van der Waals surface area contributed by atoms with E-state index in [1.165, 1.54) is 18.7 Å². The molecule has 0 bridgehead atoms. The summed E-state index contributed by atoms with van der Waals surface area (Å²) in [7, 11) is 0. The Morgan fingerprint density at radius 2 is 1.80 bits per heavy atom. The SMILES string of the molecule is O=C(O)CC(NC(=O)c1cncnc1)c1ccccc1. The first-order chi connectivity index (χ1) is 9.66. The van der Waals surface area contributed by atoms with Crippen LogP contribution in [0.3, 0.4) is 0 Å². The van der Waals surface area contributed by atoms with Crippen LogP contribution in [0, 0.1) is 0 Å². The first-order valence-corrected chi connectivity index (χ1v) is 5.99. The zero-order valence-electron chi connectivity index (χ0n) is 10.6. The van der Waals surface area contributed by atoms with Gasteiger partial charge in [0.1, 0.15) is 6.33 Å². The molecule has 102 valence electrons. The van der Waals surface area contributed by atoms with Gasteiger partial charge in [-0.3, -0.25) is 9.59 Å². The summed E-state index contributed by atoms with van der Waals surface area (Å²) in [4.78, 5) is 30.5. The Bertz CT molecular complexity index is 587. The lowest BCUT2D eigenvalue weighted by Crippen LogP contribution is -2.30. The van der Waals surface area contributed by atoms with E-state index >= 15 is 0 Å². The van der Waals surface area contributed by atoms with E-state index in [9.17, 15) is 9.59 Å². The summed E-state index contributed by atoms with van der Waals surface area (Å²) in [6, 6.07) is 8.37. The predicted octanol–water partition coefficient (Wildman–Crippen LogP) is 1.42. The number of carbonyl (C=O) groups excluding carboxylic acids is 1. The number of hydrogen-bond donors (Lipinski definition) is 2. The van der Waals surface area contributed by atoms with Gasteiger partial charge >= 0.3 is 5.97 Å². The molecule has 1 unspecified atom stereocenters. The second kappa shape index (κ2) is 6.42. The van der Waals surface area contributed by atoms with Crippen LogP contribution in [-0.4, -0.2) is 27.0 Å². The summed E-state index contributed by atoms with van der Waals surface area (Å²) in [6.45, 7) is 0. The van der Waals surface area contributed by atoms with Gasteiger partial charge in [0.25, 0.3) is 5.91 Å². The molecule has 0 fully saturated rings. The zero-order chi connectivity index (χ0) is 14.4. The smallest absolute Gasteiger partial charge is 0.305 e. The number of aliphatic carboxylic acids is 1. The highest BCUT2D eigenvalue weighted by Crippen LogP contribution is 2.17. The molecule has 0 radical (unpaired) electrons. The molecule has 20 heavy (non-hydrogen) atoms. The molecule has 1 aromatic carbocycles. The van der Waals surface area contributed by atoms with Crippen molar-refractivity contribution in [2.45, 2.75) is 12.5 Å². The third-order valence-corrected chi connectivity index (χ3v) is 2.71. The molecule has 0 saturated heterocycles. The molecular weight excluding hydrogens is 258 g/mol. The highest BCUT2D eigenvalue weighted by atomic mass is 16.4. The molecule has 2 aromatic rings. The van der Waals surface area contributed by atoms with Gasteiger partial charge in [-0.25, -0.2) is 9.97 Å². The lowest BCUT2D eigenvalue weighted by molar-refractivity contribution is -0.137. The van der Waals surface area contributed by atoms with E-state index in [-0.39, 0.29) is 6.42 Å². The van der Waals surface area contributed by atoms with Gasteiger partial charge in [0, 0.05) is 12.4 Å². The van der Waals surface area contributed by atoms with E-state index in [0.717, 1.165) is 5.56 Å². The molecule has 2 rings (SSSR count). The normalized spacial score (nSPS) is 11.6. The van der Waals surface area contributed by atoms with Gasteiger partial charge in [-0.2, -0.15) is 0 Å². The topological polar surface area (TPSA) is 92.2 Å². The van der Waals surface area contributed by atoms with Crippen molar-refractivity contribution in [3.05, 3.63) is 60.2 Å². The fourth-order valence-electron chi connectivity index (χ4n) is 1.77. The first kappa shape index (κ1) is 13.7. The number of hydrogen-bond acceptors (Lipinski definition) is 4. The van der Waals surface area contributed by atoms with Crippen molar-refractivity contribution in [1.29, 1.82) is 0 Å². The number of nitrogens with one attached hydrogen (secondary N) is 1. The van der Waals surface area contributed by atoms with Crippen LogP contribution in [-0.2, 0) is 4.79 Å². The minimum atomic E-state index is -0.983. The molecular formula is C14H13N3O3. The van der Waals surface area contributed by atoms with Crippen molar-refractivity contribution in [2.24, 2.45) is 0 Å². The summed E-state index contributed by atoms with van der Waals surface area (Å²) >= 11 is 0. The van der Waals surface area contributed by atoms with Crippen molar-refractivity contribution < 1.29 is 14.7 Å². The molecule has 1 atom stereocenters. The van der Waals surface area contributed by atoms with Crippen molar-refractivity contribution >= 4 is 11.9 Å². The van der Waals surface area contributed by atoms with E-state index in [1.807, 2.05) is 6.07 Å². The van der Waals surface area contributed by atoms with Gasteiger partial charge in [-0.15, -0.1) is 0 Å². The van der Waals surface area contributed by atoms with Crippen LogP contribution in [0.5, 0.6) is 0 Å². The molecule has 0 aliphatic carbocycles. The van der Waals surface area contributed by atoms with Crippen LogP contribution in [0.25, 0.3) is 0 Å². The van der Waals surface area contributed by atoms with Crippen LogP contribution in [0.4, 0.5) is 0 Å². The Labute approximate surface area is 115 Å². The zero-order valence-corrected chi connectivity index (χ0v) is 10.6. The molecule has 0 aliphatic rings. The van der Waals surface area contributed by atoms with E-state index in [1.54, 1.807) is 24.3 Å². The van der Waals surface area contributed by atoms with Crippen LogP contribution in [0.15, 0.2) is 49.1 Å². The molecule has 1 aromatic heterocycles. The molecule has 2 N–H and O–H groups in total. The van der Waals surface area contributed by atoms with E-state index in [0.29, 0.717) is 5.56 Å². The molecule has 1 heterocycles. The summed E-state index contributed by atoms with van der Waals surface area (Å²) in [5, 5.41) is 11.6. The number of carboxylic acids is 1. The van der Waals surface area contributed by atoms with Crippen LogP contribution in [0.2, 0.25) is 0 Å². The third kappa shape index (κ3) is 3.61. The van der Waals surface area contributed by atoms with Crippen LogP contribution < -0.4 is 5.32 Å². The molecule has 1 amide bonds. The van der Waals surface area contributed by atoms with Crippen molar-refractivity contribution in [2.75, 3.05) is 0 Å². The summed E-state index contributed by atoms with van der Waals surface area (Å²) in [5.74, 6) is -1.39. The second-order valence-corrected chi connectivity index (χ2v) is 4.16. The molecule has 6 heteroatoms. The highest BCUT2D eigenvalue weighted by Gasteiger charge is 2.18. The maximum atomic E-state index is 12.0. The lowest BCUT2D eigenvalue weighted by atomic mass is 10.0. The predicted molar refractivity (Wildman–Crippen MR) is 70.9 cm³/mol. The Kier molecular flexibility index (Phi) is 4.39. The van der Waals surface area contributed by atoms with Gasteiger partial charge in [-0.1, -0.05) is 30.3 Å². The molecule has 0 spiro atoms. The summed E-state index contributed by atoms with van der Waals surface area (Å²) in [6.07, 6.45) is 3.89. The van der Waals surface area contributed by atoms with Gasteiger partial charge in [0.2, 0.25) is 0 Å². The maximum Gasteiger partial charge on any atom is 0.305 e. The molecule has 6 nitrogen and oxygen atoms in total. The third-order valence-electron chi connectivity index (χ3n) is 2.71. The molecule has 0 saturated carbocycles. The summed E-state index contributed by atoms with van der Waals surface area (Å²) in [5.41, 5.74) is 1.03. The van der Waals surface area contributed by atoms with E-state index in [4.69, 9.17) is 5.11 Å². The fraction of sp³-hybridized carbons (Fsp3) is 0.143. The number of benzene rings is 1. The monoisotopic (exact) mass is 271 g/mol. The average molecular weight is 271 g/mol. The number of rotatable bonds is 5. The average Bonchev–Trinajstić information content (AvgIpc) is 2.48. The highest BCUT2D eigenvalue weighted by molar-refractivity contribution is 5.94. The number of nitrogens with zero attached hydrogens (tertiary/aromatic N) is 2. The maximum absolute atomic E-state index is 12.0. The van der Waals surface area contributed by atoms with Crippen molar-refractivity contribution in [1.82, 2.24) is 15.3 Å². The van der Waals surface area contributed by atoms with E-state index in [2.05, 4.69) is 15.3 Å². The van der Waals surface area contributed by atoms with Gasteiger partial charge in [0.15, 0.2) is 0 Å². The Morgan fingerprint density at radius 3 is 2.40 bits per heavy atom. The quantitative estimate of drug-likeness (QED) is 0.858. The number of amides is 1. The minimum absolute atomic E-state index is 0.191. The van der Waals surface area contributed by atoms with Crippen LogP contribution in [0.1, 0.15) is 28.4 Å². The van der Waals surface area contributed by atoms with Gasteiger partial charge < -0.3 is 10.4 Å². The van der Waals surface area contributed by atoms with Gasteiger partial charge in [-0.05, 0) is 5.56 Å². The summed E-state index contributed by atoms with van der Waals surface area (Å²) < 4.78 is 0. The Hall–Kier alpha value is -2.76. The number of carbonyl (C=O) groups is 2. The van der Waals surface area contributed by atoms with Gasteiger partial charge in [0.05, 0.1) is 18.0 Å². The number of aromatic nitrogens is 2. The van der Waals surface area contributed by atoms with Crippen molar-refractivity contribution in [3.8, 4) is 0 Å². The Balaban J connectivity index is 2.16. The lowest BCUT2D eigenvalue weighted by Gasteiger charge is -2.17. The number of carboxylic acid groups (broad SMARTS) is 1. The first-order valence-electron chi connectivity index (χ1n) is 5.99. The molecule has 0 aliphatic heterocycles. The Morgan fingerprint density at radius 1 is 1.15 bits per heavy atom. The van der Waals surface area contributed by atoms with Crippen molar-refractivity contribution in [3.63, 3.8) is 0 Å². The van der Waals surface area contributed by atoms with Crippen LogP contribution >= 0.6 is 0 Å². The second-order valence-electron chi connectivity index (χ2n) is 4.16.